The average molecular weight is 598 g/mol. The number of halogens is 3. The summed E-state index contributed by atoms with van der Waals surface area (Å²) in [5, 5.41) is 12.1. The molecule has 0 spiro atoms. The Bertz CT molecular complexity index is 1570. The first-order valence-corrected chi connectivity index (χ1v) is 14.8. The third-order valence-corrected chi connectivity index (χ3v) is 9.35. The zero-order valence-corrected chi connectivity index (χ0v) is 23.9. The van der Waals surface area contributed by atoms with Crippen LogP contribution in [0.2, 0.25) is 0 Å². The van der Waals surface area contributed by atoms with Crippen LogP contribution in [0.15, 0.2) is 36.8 Å². The summed E-state index contributed by atoms with van der Waals surface area (Å²) in [4.78, 5) is 36.5. The van der Waals surface area contributed by atoms with Crippen LogP contribution in [0.4, 0.5) is 24.8 Å². The molecule has 4 aliphatic rings. The molecule has 3 fully saturated rings. The summed E-state index contributed by atoms with van der Waals surface area (Å²) in [6, 6.07) is 3.74. The maximum Gasteiger partial charge on any atom is 0.391 e. The molecule has 43 heavy (non-hydrogen) atoms. The zero-order chi connectivity index (χ0) is 29.9. The van der Waals surface area contributed by atoms with E-state index in [9.17, 15) is 22.8 Å². The molecule has 3 aliphatic heterocycles. The predicted octanol–water partition coefficient (Wildman–Crippen LogP) is 3.18. The lowest BCUT2D eigenvalue weighted by Gasteiger charge is -2.42. The molecule has 3 aromatic heterocycles. The van der Waals surface area contributed by atoms with Gasteiger partial charge in [0.15, 0.2) is 5.65 Å². The van der Waals surface area contributed by atoms with Crippen LogP contribution in [-0.4, -0.2) is 102 Å². The minimum absolute atomic E-state index is 0.0254. The van der Waals surface area contributed by atoms with Crippen LogP contribution in [-0.2, 0) is 16.1 Å². The van der Waals surface area contributed by atoms with E-state index in [0.717, 1.165) is 37.1 Å². The number of piperazine rings is 1. The van der Waals surface area contributed by atoms with Crippen LogP contribution in [0.5, 0.6) is 0 Å². The molecular weight excluding hydrogens is 563 g/mol. The lowest BCUT2D eigenvalue weighted by atomic mass is 9.73. The van der Waals surface area contributed by atoms with Crippen molar-refractivity contribution in [1.29, 1.82) is 0 Å². The molecule has 1 saturated carbocycles. The molecular formula is C29H34F3N9O2. The summed E-state index contributed by atoms with van der Waals surface area (Å²) in [6.07, 6.45) is 5.12. The summed E-state index contributed by atoms with van der Waals surface area (Å²) < 4.78 is 42.3. The number of nitrogens with zero attached hydrogens (tertiary/aromatic N) is 8. The van der Waals surface area contributed by atoms with Gasteiger partial charge in [0.25, 0.3) is 0 Å². The van der Waals surface area contributed by atoms with Crippen molar-refractivity contribution in [3.05, 3.63) is 42.4 Å². The van der Waals surface area contributed by atoms with E-state index in [1.54, 1.807) is 21.6 Å². The van der Waals surface area contributed by atoms with Crippen molar-refractivity contribution in [3.8, 4) is 0 Å². The Morgan fingerprint density at radius 1 is 1.12 bits per heavy atom. The van der Waals surface area contributed by atoms with E-state index in [4.69, 9.17) is 4.98 Å². The van der Waals surface area contributed by atoms with Crippen LogP contribution in [0.25, 0.3) is 11.2 Å². The highest BCUT2D eigenvalue weighted by atomic mass is 19.4. The van der Waals surface area contributed by atoms with Crippen molar-refractivity contribution in [2.45, 2.75) is 56.9 Å². The van der Waals surface area contributed by atoms with Gasteiger partial charge in [-0.2, -0.15) is 23.3 Å². The fourth-order valence-corrected chi connectivity index (χ4v) is 6.82. The minimum atomic E-state index is -4.22. The number of amides is 2. The normalized spacial score (nSPS) is 26.0. The number of likely N-dealkylation sites (N-methyl/N-ethyl adjacent to an activating group) is 1. The van der Waals surface area contributed by atoms with E-state index in [2.05, 4.69) is 26.5 Å². The molecule has 2 saturated heterocycles. The largest absolute Gasteiger partial charge is 0.391 e. The molecule has 14 heteroatoms. The van der Waals surface area contributed by atoms with Crippen molar-refractivity contribution < 1.29 is 22.8 Å². The van der Waals surface area contributed by atoms with Crippen molar-refractivity contribution in [3.63, 3.8) is 0 Å². The Hall–Kier alpha value is -3.94. The van der Waals surface area contributed by atoms with E-state index in [-0.39, 0.29) is 43.3 Å². The Morgan fingerprint density at radius 2 is 1.91 bits per heavy atom. The van der Waals surface area contributed by atoms with E-state index in [1.807, 2.05) is 35.2 Å². The number of hydrogen-bond donors (Lipinski definition) is 1. The fraction of sp³-hybridized carbons (Fsp3) is 0.552. The molecule has 0 aromatic carbocycles. The lowest BCUT2D eigenvalue weighted by molar-refractivity contribution is -0.206. The fourth-order valence-electron chi connectivity index (χ4n) is 6.82. The van der Waals surface area contributed by atoms with Crippen molar-refractivity contribution in [2.24, 2.45) is 11.8 Å². The zero-order valence-electron chi connectivity index (χ0n) is 23.9. The first-order chi connectivity index (χ1) is 20.6. The number of aromatic nitrogens is 5. The first kappa shape index (κ1) is 27.9. The molecule has 2 atom stereocenters. The third kappa shape index (κ3) is 5.36. The molecule has 11 nitrogen and oxygen atoms in total. The number of anilines is 2. The molecule has 2 unspecified atom stereocenters. The molecule has 3 aromatic rings. The number of fused-ring (bicyclic) bond motifs is 3. The predicted molar refractivity (Wildman–Crippen MR) is 151 cm³/mol. The number of alkyl halides is 3. The maximum absolute atomic E-state index is 13.2. The van der Waals surface area contributed by atoms with E-state index in [0.29, 0.717) is 36.8 Å². The van der Waals surface area contributed by atoms with Crippen LogP contribution >= 0.6 is 0 Å². The molecule has 1 aliphatic carbocycles. The summed E-state index contributed by atoms with van der Waals surface area (Å²) in [7, 11) is 2.05. The summed E-state index contributed by atoms with van der Waals surface area (Å²) in [6.45, 7) is 3.31. The molecule has 2 bridgehead atoms. The third-order valence-electron chi connectivity index (χ3n) is 9.35. The van der Waals surface area contributed by atoms with E-state index in [1.165, 1.54) is 0 Å². The van der Waals surface area contributed by atoms with Gasteiger partial charge >= 0.3 is 6.18 Å². The highest BCUT2D eigenvalue weighted by Crippen LogP contribution is 2.48. The van der Waals surface area contributed by atoms with Gasteiger partial charge in [-0.05, 0) is 56.9 Å². The number of nitrogens with one attached hydrogen (secondary N) is 1. The SMILES string of the molecule is CN1CCN(C(=O)Cn2cc(Nc3nc4c(C5=CC6CCC(C5)N6C(=O)[C@H]5C[C@@H](C(F)(F)F)C5)cccn4n3)cn2)CC1. The van der Waals surface area contributed by atoms with Crippen LogP contribution in [0, 0.1) is 11.8 Å². The standard InChI is InChI=1S/C29H34F3N9O2/c1-37-7-9-38(10-8-37)25(42)17-39-16-21(15-33-39)34-28-35-26-24(3-2-6-40(26)36-28)18-13-22-4-5-23(14-18)41(22)27(43)19-11-20(12-19)29(30,31)32/h2-3,6,13,15-16,19-20,22-23H,4-5,7-12,14,17H2,1H3,(H,34,36)/t19-,20+,22?,23?. The second-order valence-corrected chi connectivity index (χ2v) is 12.2. The number of hydrogen-bond acceptors (Lipinski definition) is 7. The van der Waals surface area contributed by atoms with Gasteiger partial charge in [-0.3, -0.25) is 14.3 Å². The van der Waals surface area contributed by atoms with Gasteiger partial charge in [-0.1, -0.05) is 6.08 Å². The van der Waals surface area contributed by atoms with Gasteiger partial charge in [0.2, 0.25) is 17.8 Å². The van der Waals surface area contributed by atoms with E-state index < -0.39 is 18.0 Å². The maximum atomic E-state index is 13.2. The van der Waals surface area contributed by atoms with Gasteiger partial charge in [0.1, 0.15) is 6.54 Å². The lowest BCUT2D eigenvalue weighted by Crippen LogP contribution is -2.50. The van der Waals surface area contributed by atoms with Gasteiger partial charge in [-0.15, -0.1) is 5.10 Å². The molecule has 6 heterocycles. The van der Waals surface area contributed by atoms with Gasteiger partial charge < -0.3 is 20.0 Å². The van der Waals surface area contributed by atoms with Gasteiger partial charge in [0.05, 0.1) is 23.8 Å². The number of rotatable bonds is 6. The number of carbonyl (C=O) groups excluding carboxylic acids is 2. The Labute approximate surface area is 246 Å². The summed E-state index contributed by atoms with van der Waals surface area (Å²) in [5.74, 6) is -1.61. The quantitative estimate of drug-likeness (QED) is 0.466. The smallest absolute Gasteiger partial charge is 0.339 e. The molecule has 7 rings (SSSR count). The minimum Gasteiger partial charge on any atom is -0.339 e. The number of pyridine rings is 1. The molecule has 1 N–H and O–H groups in total. The van der Waals surface area contributed by atoms with Crippen molar-refractivity contribution >= 4 is 34.7 Å². The second kappa shape index (κ2) is 10.6. The summed E-state index contributed by atoms with van der Waals surface area (Å²) >= 11 is 0. The van der Waals surface area contributed by atoms with Crippen molar-refractivity contribution in [1.82, 2.24) is 39.1 Å². The molecule has 2 amide bonds. The topological polar surface area (TPSA) is 104 Å². The van der Waals surface area contributed by atoms with Crippen LogP contribution < -0.4 is 5.32 Å². The van der Waals surface area contributed by atoms with Crippen LogP contribution in [0.3, 0.4) is 0 Å². The highest BCUT2D eigenvalue weighted by Gasteiger charge is 2.52. The van der Waals surface area contributed by atoms with Crippen LogP contribution in [0.1, 0.15) is 37.7 Å². The van der Waals surface area contributed by atoms with Gasteiger partial charge in [0, 0.05) is 56.1 Å². The van der Waals surface area contributed by atoms with Crippen molar-refractivity contribution in [2.75, 3.05) is 38.5 Å². The van der Waals surface area contributed by atoms with Gasteiger partial charge in [-0.25, -0.2) is 4.52 Å². The Morgan fingerprint density at radius 3 is 2.65 bits per heavy atom. The molecule has 228 valence electrons. The Kier molecular flexibility index (Phi) is 6.90. The first-order valence-electron chi connectivity index (χ1n) is 14.8. The Balaban J connectivity index is 1.03. The van der Waals surface area contributed by atoms with E-state index >= 15 is 0 Å². The monoisotopic (exact) mass is 597 g/mol. The summed E-state index contributed by atoms with van der Waals surface area (Å²) in [5.41, 5.74) is 3.32. The molecule has 0 radical (unpaired) electrons. The highest BCUT2D eigenvalue weighted by molar-refractivity contribution is 5.84. The second-order valence-electron chi connectivity index (χ2n) is 12.2. The number of carbonyl (C=O) groups is 2. The average Bonchev–Trinajstić information content (AvgIpc) is 3.62.